The van der Waals surface area contributed by atoms with E-state index >= 15 is 0 Å². The van der Waals surface area contributed by atoms with Gasteiger partial charge in [-0.2, -0.15) is 0 Å². The predicted molar refractivity (Wildman–Crippen MR) is 140 cm³/mol. The van der Waals surface area contributed by atoms with Gasteiger partial charge in [0, 0.05) is 21.8 Å². The van der Waals surface area contributed by atoms with E-state index in [4.69, 9.17) is 5.11 Å². The molecule has 0 fully saturated rings. The van der Waals surface area contributed by atoms with E-state index in [-0.39, 0.29) is 22.8 Å². The number of hydrogen-bond acceptors (Lipinski definition) is 6. The molecule has 0 spiro atoms. The van der Waals surface area contributed by atoms with E-state index in [0.29, 0.717) is 28.3 Å². The molecule has 0 saturated carbocycles. The summed E-state index contributed by atoms with van der Waals surface area (Å²) in [5.41, 5.74) is 0.638. The first kappa shape index (κ1) is 27.2. The number of nitrogens with one attached hydrogen (secondary N) is 2. The molecule has 0 saturated heterocycles. The summed E-state index contributed by atoms with van der Waals surface area (Å²) < 4.78 is 0. The summed E-state index contributed by atoms with van der Waals surface area (Å²) >= 11 is 1.30. The van der Waals surface area contributed by atoms with Crippen LogP contribution in [0, 0.1) is 0 Å². The molecule has 1 unspecified atom stereocenters. The van der Waals surface area contributed by atoms with Gasteiger partial charge in [0.25, 0.3) is 5.91 Å². The Kier molecular flexibility index (Phi) is 8.81. The Labute approximate surface area is 216 Å². The molecule has 3 rings (SSSR count). The average Bonchev–Trinajstić information content (AvgIpc) is 2.87. The maximum absolute atomic E-state index is 12.8. The molecule has 0 aromatic heterocycles. The van der Waals surface area contributed by atoms with Gasteiger partial charge in [-0.05, 0) is 74.0 Å². The number of thioether (sulfide) groups is 1. The van der Waals surface area contributed by atoms with Crippen molar-refractivity contribution < 1.29 is 34.2 Å². The van der Waals surface area contributed by atoms with Crippen molar-refractivity contribution in [2.45, 2.75) is 30.4 Å². The fourth-order valence-electron chi connectivity index (χ4n) is 3.40. The van der Waals surface area contributed by atoms with Crippen molar-refractivity contribution in [1.29, 1.82) is 0 Å². The number of carbonyl (C=O) groups excluding carboxylic acids is 3. The van der Waals surface area contributed by atoms with E-state index in [1.807, 2.05) is 6.92 Å². The number of anilines is 2. The van der Waals surface area contributed by atoms with E-state index in [1.54, 1.807) is 48.5 Å². The minimum Gasteiger partial charge on any atom is -0.478 e. The lowest BCUT2D eigenvalue weighted by Crippen LogP contribution is -2.24. The molecule has 3 aromatic carbocycles. The highest BCUT2D eigenvalue weighted by Crippen LogP contribution is 2.29. The Bertz CT molecular complexity index is 1370. The topological polar surface area (TPSA) is 150 Å². The first-order chi connectivity index (χ1) is 17.6. The first-order valence-electron chi connectivity index (χ1n) is 11.2. The summed E-state index contributed by atoms with van der Waals surface area (Å²) in [6.07, 6.45) is 0.524. The Morgan fingerprint density at radius 2 is 1.46 bits per heavy atom. The van der Waals surface area contributed by atoms with Gasteiger partial charge in [0.15, 0.2) is 5.78 Å². The Hall–Kier alpha value is -4.44. The number of carboxylic acid groups (broad SMARTS) is 2. The highest BCUT2D eigenvalue weighted by atomic mass is 32.2. The Morgan fingerprint density at radius 1 is 0.784 bits per heavy atom. The third kappa shape index (κ3) is 7.05. The monoisotopic (exact) mass is 520 g/mol. The molecule has 0 aliphatic carbocycles. The van der Waals surface area contributed by atoms with Gasteiger partial charge in [-0.15, -0.1) is 11.8 Å². The Balaban J connectivity index is 1.72. The molecule has 3 aromatic rings. The molecule has 0 heterocycles. The number of benzene rings is 3. The quantitative estimate of drug-likeness (QED) is 0.214. The summed E-state index contributed by atoms with van der Waals surface area (Å²) in [4.78, 5) is 60.5. The van der Waals surface area contributed by atoms with Crippen molar-refractivity contribution in [2.75, 3.05) is 10.6 Å². The third-order valence-corrected chi connectivity index (χ3v) is 6.69. The first-order valence-corrected chi connectivity index (χ1v) is 12.1. The highest BCUT2D eigenvalue weighted by molar-refractivity contribution is 8.00. The smallest absolute Gasteiger partial charge is 0.336 e. The summed E-state index contributed by atoms with van der Waals surface area (Å²) in [5, 5.41) is 23.5. The number of Topliss-reactive ketones (excluding diaryl/α,β-unsaturated/α-hetero) is 1. The summed E-state index contributed by atoms with van der Waals surface area (Å²) in [6.45, 7) is 3.34. The number of ketones is 1. The molecule has 0 radical (unpaired) electrons. The number of amides is 2. The SMILES string of the molecule is CCC(Sc1cccc(NC(=O)c2ccc(C(=O)O)cc2C(=O)O)c1)C(=O)Nc1ccc(C(C)=O)cc1. The van der Waals surface area contributed by atoms with Gasteiger partial charge in [-0.1, -0.05) is 13.0 Å². The van der Waals surface area contributed by atoms with Crippen molar-refractivity contribution in [3.63, 3.8) is 0 Å². The molecule has 1 atom stereocenters. The largest absolute Gasteiger partial charge is 0.478 e. The lowest BCUT2D eigenvalue weighted by molar-refractivity contribution is -0.115. The zero-order valence-corrected chi connectivity index (χ0v) is 20.8. The number of aromatic carboxylic acids is 2. The van der Waals surface area contributed by atoms with Crippen LogP contribution in [0.5, 0.6) is 0 Å². The van der Waals surface area contributed by atoms with Crippen LogP contribution >= 0.6 is 11.8 Å². The molecule has 0 bridgehead atoms. The van der Waals surface area contributed by atoms with Crippen molar-refractivity contribution in [2.24, 2.45) is 0 Å². The van der Waals surface area contributed by atoms with Gasteiger partial charge in [0.2, 0.25) is 5.91 Å². The second-order valence-corrected chi connectivity index (χ2v) is 9.27. The van der Waals surface area contributed by atoms with Gasteiger partial charge in [0.1, 0.15) is 0 Å². The summed E-state index contributed by atoms with van der Waals surface area (Å²) in [6, 6.07) is 16.6. The van der Waals surface area contributed by atoms with Gasteiger partial charge in [0.05, 0.1) is 21.9 Å². The molecule has 0 aliphatic heterocycles. The molecule has 4 N–H and O–H groups in total. The minimum atomic E-state index is -1.43. The lowest BCUT2D eigenvalue weighted by Gasteiger charge is -2.16. The number of hydrogen-bond donors (Lipinski definition) is 4. The maximum atomic E-state index is 12.8. The number of carboxylic acids is 2. The highest BCUT2D eigenvalue weighted by Gasteiger charge is 2.21. The van der Waals surface area contributed by atoms with Crippen molar-refractivity contribution in [3.8, 4) is 0 Å². The van der Waals surface area contributed by atoms with Crippen molar-refractivity contribution in [1.82, 2.24) is 0 Å². The number of rotatable bonds is 10. The van der Waals surface area contributed by atoms with Crippen LogP contribution in [0.25, 0.3) is 0 Å². The van der Waals surface area contributed by atoms with Gasteiger partial charge in [-0.3, -0.25) is 14.4 Å². The molecule has 0 aliphatic rings. The van der Waals surface area contributed by atoms with E-state index in [2.05, 4.69) is 10.6 Å². The average molecular weight is 521 g/mol. The van der Waals surface area contributed by atoms with Crippen LogP contribution in [0.2, 0.25) is 0 Å². The van der Waals surface area contributed by atoms with Crippen LogP contribution in [-0.4, -0.2) is 45.0 Å². The van der Waals surface area contributed by atoms with Crippen LogP contribution in [0.1, 0.15) is 61.7 Å². The van der Waals surface area contributed by atoms with Crippen LogP contribution < -0.4 is 10.6 Å². The molecule has 37 heavy (non-hydrogen) atoms. The van der Waals surface area contributed by atoms with E-state index in [9.17, 15) is 29.1 Å². The molecular formula is C27H24N2O7S. The molecule has 10 heteroatoms. The summed E-state index contributed by atoms with van der Waals surface area (Å²) in [7, 11) is 0. The second kappa shape index (κ2) is 12.0. The molecule has 9 nitrogen and oxygen atoms in total. The Morgan fingerprint density at radius 3 is 2.05 bits per heavy atom. The third-order valence-electron chi connectivity index (χ3n) is 5.33. The van der Waals surface area contributed by atoms with Gasteiger partial charge in [-0.25, -0.2) is 9.59 Å². The van der Waals surface area contributed by atoms with E-state index in [0.717, 1.165) is 18.2 Å². The minimum absolute atomic E-state index is 0.0664. The zero-order chi connectivity index (χ0) is 27.1. The van der Waals surface area contributed by atoms with Crippen LogP contribution in [0.4, 0.5) is 11.4 Å². The molecular weight excluding hydrogens is 496 g/mol. The van der Waals surface area contributed by atoms with Crippen molar-refractivity contribution >= 4 is 52.7 Å². The van der Waals surface area contributed by atoms with Crippen LogP contribution in [0.3, 0.4) is 0 Å². The van der Waals surface area contributed by atoms with Crippen LogP contribution in [0.15, 0.2) is 71.6 Å². The second-order valence-electron chi connectivity index (χ2n) is 7.99. The maximum Gasteiger partial charge on any atom is 0.336 e. The fourth-order valence-corrected chi connectivity index (χ4v) is 4.41. The zero-order valence-electron chi connectivity index (χ0n) is 20.0. The standard InChI is InChI=1S/C27H24N2O7S/c1-3-23(25(32)28-18-10-7-16(8-11-18)15(2)30)37-20-6-4-5-19(14-20)29-24(31)21-12-9-17(26(33)34)13-22(21)27(35)36/h4-14,23H,3H2,1-2H3,(H,28,32)(H,29,31)(H,33,34)(H,35,36). The summed E-state index contributed by atoms with van der Waals surface area (Å²) in [5.74, 6) is -3.73. The molecule has 190 valence electrons. The van der Waals surface area contributed by atoms with E-state index < -0.39 is 28.7 Å². The van der Waals surface area contributed by atoms with Gasteiger partial charge < -0.3 is 20.8 Å². The predicted octanol–water partition coefficient (Wildman–Crippen LogP) is 5.05. The van der Waals surface area contributed by atoms with E-state index in [1.165, 1.54) is 18.7 Å². The molecule has 2 amide bonds. The normalized spacial score (nSPS) is 11.3. The van der Waals surface area contributed by atoms with Crippen molar-refractivity contribution in [3.05, 3.63) is 89.0 Å². The lowest BCUT2D eigenvalue weighted by atomic mass is 10.0. The van der Waals surface area contributed by atoms with Crippen LogP contribution in [-0.2, 0) is 4.79 Å². The fraction of sp³-hybridized carbons (Fsp3) is 0.148. The number of carbonyl (C=O) groups is 5. The van der Waals surface area contributed by atoms with Gasteiger partial charge >= 0.3 is 11.9 Å².